The van der Waals surface area contributed by atoms with Gasteiger partial charge in [0.05, 0.1) is 24.4 Å². The van der Waals surface area contributed by atoms with Crippen molar-refractivity contribution in [2.75, 3.05) is 6.61 Å². The van der Waals surface area contributed by atoms with Crippen LogP contribution in [0.2, 0.25) is 0 Å². The molecule has 4 rings (SSSR count). The van der Waals surface area contributed by atoms with Gasteiger partial charge in [-0.25, -0.2) is 0 Å². The zero-order valence-corrected chi connectivity index (χ0v) is 14.8. The maximum atomic E-state index is 13.1. The number of hydrogen-bond donors (Lipinski definition) is 4. The zero-order chi connectivity index (χ0) is 20.0. The number of aliphatic hydroxyl groups is 4. The van der Waals surface area contributed by atoms with Crippen molar-refractivity contribution >= 4 is 16.6 Å². The van der Waals surface area contributed by atoms with Gasteiger partial charge in [0.2, 0.25) is 0 Å². The molecule has 0 spiro atoms. The molecule has 2 aromatic carbocycles. The molecular weight excluding hydrogens is 362 g/mol. The minimum atomic E-state index is -1.65. The van der Waals surface area contributed by atoms with Crippen LogP contribution in [-0.4, -0.2) is 55.7 Å². The van der Waals surface area contributed by atoms with Gasteiger partial charge in [-0.2, -0.15) is 0 Å². The highest BCUT2D eigenvalue weighted by atomic mass is 16.4. The summed E-state index contributed by atoms with van der Waals surface area (Å²) in [6, 6.07) is 13.7. The topological polar surface area (TPSA) is 120 Å². The summed E-state index contributed by atoms with van der Waals surface area (Å²) in [5, 5.41) is 39.8. The summed E-state index contributed by atoms with van der Waals surface area (Å²) in [6.45, 7) is -1.07. The molecule has 28 heavy (non-hydrogen) atoms. The maximum absolute atomic E-state index is 13.1. The third-order valence-electron chi connectivity index (χ3n) is 5.18. The average Bonchev–Trinajstić information content (AvgIpc) is 3.02. The Bertz CT molecular complexity index is 1140. The molecular formula is C21H19NO6. The van der Waals surface area contributed by atoms with Crippen molar-refractivity contribution in [3.63, 3.8) is 0 Å². The van der Waals surface area contributed by atoms with Gasteiger partial charge in [0.25, 0.3) is 5.56 Å². The van der Waals surface area contributed by atoms with Crippen LogP contribution in [0.4, 0.5) is 0 Å². The fraction of sp³-hybridized carbons (Fsp3) is 0.238. The van der Waals surface area contributed by atoms with Crippen LogP contribution in [0.25, 0.3) is 22.0 Å². The van der Waals surface area contributed by atoms with Gasteiger partial charge in [-0.05, 0) is 6.07 Å². The first kappa shape index (κ1) is 18.5. The second-order valence-corrected chi connectivity index (χ2v) is 6.87. The molecule has 4 N–H and O–H groups in total. The van der Waals surface area contributed by atoms with Crippen molar-refractivity contribution in [3.05, 3.63) is 70.0 Å². The molecule has 1 heterocycles. The molecule has 0 fully saturated rings. The third kappa shape index (κ3) is 2.68. The van der Waals surface area contributed by atoms with E-state index in [0.29, 0.717) is 33.2 Å². The molecule has 1 aliphatic carbocycles. The van der Waals surface area contributed by atoms with Crippen molar-refractivity contribution in [1.82, 2.24) is 4.57 Å². The van der Waals surface area contributed by atoms with Crippen LogP contribution in [0.3, 0.4) is 0 Å². The van der Waals surface area contributed by atoms with E-state index >= 15 is 0 Å². The molecule has 0 unspecified atom stereocenters. The van der Waals surface area contributed by atoms with Gasteiger partial charge in [0.1, 0.15) is 18.3 Å². The molecule has 3 atom stereocenters. The summed E-state index contributed by atoms with van der Waals surface area (Å²) in [4.78, 5) is 26.2. The molecule has 1 aliphatic rings. The van der Waals surface area contributed by atoms with E-state index in [1.165, 1.54) is 4.57 Å². The highest BCUT2D eigenvalue weighted by Crippen LogP contribution is 2.39. The molecule has 0 radical (unpaired) electrons. The smallest absolute Gasteiger partial charge is 0.259 e. The first-order chi connectivity index (χ1) is 13.5. The predicted molar refractivity (Wildman–Crippen MR) is 102 cm³/mol. The molecule has 0 amide bonds. The number of ketones is 1. The van der Waals surface area contributed by atoms with Gasteiger partial charge in [-0.3, -0.25) is 9.59 Å². The molecule has 0 saturated carbocycles. The Balaban J connectivity index is 1.97. The van der Waals surface area contributed by atoms with Crippen LogP contribution < -0.4 is 5.56 Å². The second-order valence-electron chi connectivity index (χ2n) is 6.87. The molecule has 7 heteroatoms. The molecule has 0 aliphatic heterocycles. The van der Waals surface area contributed by atoms with Crippen molar-refractivity contribution < 1.29 is 25.2 Å². The Morgan fingerprint density at radius 1 is 0.821 bits per heavy atom. The summed E-state index contributed by atoms with van der Waals surface area (Å²) in [5.41, 5.74) is 1.39. The molecule has 1 aromatic heterocycles. The molecule has 0 bridgehead atoms. The van der Waals surface area contributed by atoms with E-state index in [4.69, 9.17) is 5.11 Å². The van der Waals surface area contributed by atoms with Crippen molar-refractivity contribution in [2.24, 2.45) is 0 Å². The number of rotatable bonds is 5. The zero-order valence-electron chi connectivity index (χ0n) is 14.8. The van der Waals surface area contributed by atoms with Gasteiger partial charge >= 0.3 is 0 Å². The quantitative estimate of drug-likeness (QED) is 0.394. The van der Waals surface area contributed by atoms with Crippen LogP contribution in [0, 0.1) is 0 Å². The Hall–Kier alpha value is -2.84. The van der Waals surface area contributed by atoms with Crippen LogP contribution in [0.15, 0.2) is 53.3 Å². The first-order valence-electron chi connectivity index (χ1n) is 8.90. The minimum Gasteiger partial charge on any atom is -0.394 e. The molecule has 144 valence electrons. The van der Waals surface area contributed by atoms with Crippen LogP contribution in [-0.2, 0) is 6.54 Å². The van der Waals surface area contributed by atoms with Gasteiger partial charge in [-0.15, -0.1) is 0 Å². The highest BCUT2D eigenvalue weighted by molar-refractivity contribution is 6.26. The maximum Gasteiger partial charge on any atom is 0.259 e. The summed E-state index contributed by atoms with van der Waals surface area (Å²) in [7, 11) is 0. The van der Waals surface area contributed by atoms with E-state index in [-0.39, 0.29) is 12.3 Å². The number of benzene rings is 2. The lowest BCUT2D eigenvalue weighted by Crippen LogP contribution is -2.43. The number of hydrogen-bond acceptors (Lipinski definition) is 6. The number of carbonyl (C=O) groups excluding carboxylic acids is 1. The molecule has 0 saturated heterocycles. The van der Waals surface area contributed by atoms with E-state index < -0.39 is 30.5 Å². The Kier molecular flexibility index (Phi) is 4.60. The summed E-state index contributed by atoms with van der Waals surface area (Å²) in [5.74, 6) is -0.207. The van der Waals surface area contributed by atoms with Gasteiger partial charge in [0, 0.05) is 21.9 Å². The number of aromatic nitrogens is 1. The summed E-state index contributed by atoms with van der Waals surface area (Å²) >= 11 is 0. The standard InChI is InChI=1S/C21H19NO6/c23-10-16(25)20(27)15(24)9-22-18-12-6-2-3-7-13(12)19(26)17(18)11-5-1-4-8-14(11)21(22)28/h1-8,15-16,20,23-25,27H,9-10H2/t15-,16+,20-/m0/s1. The first-order valence-corrected chi connectivity index (χ1v) is 8.90. The molecule has 3 aromatic rings. The van der Waals surface area contributed by atoms with Crippen LogP contribution in [0.5, 0.6) is 0 Å². The van der Waals surface area contributed by atoms with Gasteiger partial charge in [-0.1, -0.05) is 42.5 Å². The fourth-order valence-corrected chi connectivity index (χ4v) is 3.76. The van der Waals surface area contributed by atoms with Crippen LogP contribution >= 0.6 is 0 Å². The Morgan fingerprint density at radius 2 is 1.43 bits per heavy atom. The average molecular weight is 381 g/mol. The number of aliphatic hydroxyl groups excluding tert-OH is 4. The Morgan fingerprint density at radius 3 is 2.11 bits per heavy atom. The number of fused-ring (bicyclic) bond motifs is 5. The van der Waals surface area contributed by atoms with E-state index in [2.05, 4.69) is 0 Å². The lowest BCUT2D eigenvalue weighted by Gasteiger charge is -2.24. The lowest BCUT2D eigenvalue weighted by molar-refractivity contribution is -0.0806. The fourth-order valence-electron chi connectivity index (χ4n) is 3.76. The van der Waals surface area contributed by atoms with Crippen molar-refractivity contribution in [2.45, 2.75) is 24.9 Å². The largest absolute Gasteiger partial charge is 0.394 e. The normalized spacial score (nSPS) is 15.9. The highest BCUT2D eigenvalue weighted by Gasteiger charge is 2.34. The monoisotopic (exact) mass is 381 g/mol. The molecule has 7 nitrogen and oxygen atoms in total. The van der Waals surface area contributed by atoms with E-state index in [9.17, 15) is 24.9 Å². The summed E-state index contributed by atoms with van der Waals surface area (Å²) < 4.78 is 1.26. The Labute approximate surface area is 159 Å². The van der Waals surface area contributed by atoms with Crippen molar-refractivity contribution in [3.8, 4) is 11.3 Å². The van der Waals surface area contributed by atoms with Crippen molar-refractivity contribution in [1.29, 1.82) is 0 Å². The second kappa shape index (κ2) is 6.96. The third-order valence-corrected chi connectivity index (χ3v) is 5.18. The number of carbonyl (C=O) groups is 1. The van der Waals surface area contributed by atoms with Crippen LogP contribution in [0.1, 0.15) is 15.9 Å². The predicted octanol–water partition coefficient (Wildman–Crippen LogP) is 0.288. The minimum absolute atomic E-state index is 0.207. The lowest BCUT2D eigenvalue weighted by atomic mass is 10.0. The summed E-state index contributed by atoms with van der Waals surface area (Å²) in [6.07, 6.45) is -4.72. The van der Waals surface area contributed by atoms with Gasteiger partial charge in [0.15, 0.2) is 5.78 Å². The van der Waals surface area contributed by atoms with E-state index in [1.54, 1.807) is 48.5 Å². The van der Waals surface area contributed by atoms with E-state index in [0.717, 1.165) is 0 Å². The van der Waals surface area contributed by atoms with Gasteiger partial charge < -0.3 is 25.0 Å². The SMILES string of the molecule is O=C1c2ccccc2-c2c1c1ccccc1c(=O)n2C[C@H](O)[C@H](O)[C@H](O)CO. The number of pyridine rings is 1. The number of nitrogens with zero attached hydrogens (tertiary/aromatic N) is 1. The van der Waals surface area contributed by atoms with E-state index in [1.807, 2.05) is 0 Å².